The predicted octanol–water partition coefficient (Wildman–Crippen LogP) is 4.86. The summed E-state index contributed by atoms with van der Waals surface area (Å²) in [4.78, 5) is 8.72. The lowest BCUT2D eigenvalue weighted by Gasteiger charge is -2.33. The van der Waals surface area contributed by atoms with Gasteiger partial charge >= 0.3 is 0 Å². The van der Waals surface area contributed by atoms with Crippen LogP contribution in [0.15, 0.2) is 30.6 Å². The van der Waals surface area contributed by atoms with Crippen LogP contribution in [-0.4, -0.2) is 41.4 Å². The van der Waals surface area contributed by atoms with E-state index in [1.807, 2.05) is 12.1 Å². The molecule has 2 aromatic carbocycles. The monoisotopic (exact) mass is 478 g/mol. The summed E-state index contributed by atoms with van der Waals surface area (Å²) in [6.07, 6.45) is 3.67. The molecule has 1 atom stereocenters. The number of halogens is 3. The van der Waals surface area contributed by atoms with Gasteiger partial charge in [-0.05, 0) is 25.0 Å². The molecule has 1 aliphatic heterocycles. The van der Waals surface area contributed by atoms with E-state index in [9.17, 15) is 4.39 Å². The van der Waals surface area contributed by atoms with Crippen molar-refractivity contribution >= 4 is 45.6 Å². The number of benzene rings is 2. The molecule has 168 valence electrons. The molecule has 3 N–H and O–H groups in total. The van der Waals surface area contributed by atoms with Crippen molar-refractivity contribution in [2.75, 3.05) is 18.5 Å². The van der Waals surface area contributed by atoms with Crippen LogP contribution >= 0.6 is 23.2 Å². The zero-order valence-electron chi connectivity index (χ0n) is 17.0. The highest BCUT2D eigenvalue weighted by Gasteiger charge is 2.29. The maximum absolute atomic E-state index is 14.7. The van der Waals surface area contributed by atoms with Crippen molar-refractivity contribution in [2.24, 2.45) is 5.73 Å². The molecule has 1 aliphatic carbocycles. The third-order valence-electron chi connectivity index (χ3n) is 5.58. The molecule has 2 heterocycles. The first-order chi connectivity index (χ1) is 15.5. The van der Waals surface area contributed by atoms with E-state index in [1.54, 1.807) is 0 Å². The second-order valence-electron chi connectivity index (χ2n) is 7.96. The van der Waals surface area contributed by atoms with Crippen LogP contribution in [0.3, 0.4) is 0 Å². The highest BCUT2D eigenvalue weighted by molar-refractivity contribution is 6.42. The molecule has 1 saturated carbocycles. The number of nitrogens with two attached hydrogens (primary N) is 1. The Morgan fingerprint density at radius 3 is 2.72 bits per heavy atom. The number of nitrogens with zero attached hydrogens (tertiary/aromatic N) is 2. The number of anilines is 2. The molecule has 0 radical (unpaired) electrons. The van der Waals surface area contributed by atoms with Crippen molar-refractivity contribution in [1.82, 2.24) is 9.97 Å². The number of rotatable bonds is 6. The number of aromatic nitrogens is 2. The van der Waals surface area contributed by atoms with Crippen molar-refractivity contribution < 1.29 is 18.6 Å². The van der Waals surface area contributed by atoms with Crippen LogP contribution in [-0.2, 0) is 4.74 Å². The second kappa shape index (κ2) is 8.86. The average molecular weight is 479 g/mol. The van der Waals surface area contributed by atoms with Gasteiger partial charge in [0.25, 0.3) is 0 Å². The topological polar surface area (TPSA) is 91.5 Å². The van der Waals surface area contributed by atoms with E-state index in [4.69, 9.17) is 43.1 Å². The maximum atomic E-state index is 14.7. The molecule has 1 aromatic heterocycles. The van der Waals surface area contributed by atoms with Crippen LogP contribution in [0.25, 0.3) is 10.9 Å². The molecule has 1 saturated heterocycles. The summed E-state index contributed by atoms with van der Waals surface area (Å²) in [5.74, 6) is 0.870. The summed E-state index contributed by atoms with van der Waals surface area (Å²) in [5, 5.41) is 3.57. The Morgan fingerprint density at radius 1 is 1.12 bits per heavy atom. The van der Waals surface area contributed by atoms with E-state index in [0.29, 0.717) is 41.4 Å². The van der Waals surface area contributed by atoms with E-state index in [2.05, 4.69) is 15.3 Å². The van der Waals surface area contributed by atoms with Gasteiger partial charge in [-0.25, -0.2) is 14.4 Å². The van der Waals surface area contributed by atoms with Crippen molar-refractivity contribution in [3.63, 3.8) is 0 Å². The molecule has 7 nitrogen and oxygen atoms in total. The number of hydrogen-bond acceptors (Lipinski definition) is 7. The minimum Gasteiger partial charge on any atom is -0.489 e. The molecular weight excluding hydrogens is 458 g/mol. The average Bonchev–Trinajstić information content (AvgIpc) is 3.26. The minimum absolute atomic E-state index is 0.0203. The first-order valence-corrected chi connectivity index (χ1v) is 11.1. The zero-order valence-corrected chi connectivity index (χ0v) is 18.5. The molecule has 10 heteroatoms. The Bertz CT molecular complexity index is 1150. The Hall–Kier alpha value is -2.39. The number of ether oxygens (including phenoxy) is 3. The molecule has 3 aromatic rings. The first kappa shape index (κ1) is 21.5. The molecule has 0 unspecified atom stereocenters. The van der Waals surface area contributed by atoms with E-state index < -0.39 is 5.82 Å². The van der Waals surface area contributed by atoms with E-state index in [1.165, 1.54) is 18.5 Å². The summed E-state index contributed by atoms with van der Waals surface area (Å²) < 4.78 is 32.4. The Morgan fingerprint density at radius 2 is 1.97 bits per heavy atom. The normalized spacial score (nSPS) is 22.6. The lowest BCUT2D eigenvalue weighted by molar-refractivity contribution is 0.102. The molecule has 0 amide bonds. The molecular formula is C22H21Cl2FN4O3. The van der Waals surface area contributed by atoms with Crippen molar-refractivity contribution in [3.05, 3.63) is 46.5 Å². The van der Waals surface area contributed by atoms with E-state index in [0.717, 1.165) is 19.3 Å². The third-order valence-corrected chi connectivity index (χ3v) is 6.36. The van der Waals surface area contributed by atoms with E-state index >= 15 is 0 Å². The van der Waals surface area contributed by atoms with Gasteiger partial charge in [0.2, 0.25) is 0 Å². The minimum atomic E-state index is -0.667. The quantitative estimate of drug-likeness (QED) is 0.488. The predicted molar refractivity (Wildman–Crippen MR) is 121 cm³/mol. The van der Waals surface area contributed by atoms with Crippen molar-refractivity contribution in [2.45, 2.75) is 37.5 Å². The molecule has 2 aliphatic rings. The van der Waals surface area contributed by atoms with Gasteiger partial charge in [0.15, 0.2) is 5.82 Å². The van der Waals surface area contributed by atoms with Gasteiger partial charge in [0.05, 0.1) is 39.8 Å². The number of nitrogens with one attached hydrogen (secondary N) is 1. The van der Waals surface area contributed by atoms with E-state index in [-0.39, 0.29) is 34.0 Å². The van der Waals surface area contributed by atoms with Gasteiger partial charge in [0, 0.05) is 24.6 Å². The van der Waals surface area contributed by atoms with Crippen LogP contribution in [0, 0.1) is 5.82 Å². The van der Waals surface area contributed by atoms with Crippen LogP contribution in [0.2, 0.25) is 10.0 Å². The van der Waals surface area contributed by atoms with Crippen LogP contribution in [0.4, 0.5) is 15.9 Å². The molecule has 0 spiro atoms. The van der Waals surface area contributed by atoms with Gasteiger partial charge < -0.3 is 25.3 Å². The van der Waals surface area contributed by atoms with Gasteiger partial charge in [0.1, 0.15) is 35.9 Å². The number of fused-ring (bicyclic) bond motifs is 1. The van der Waals surface area contributed by atoms with Crippen molar-refractivity contribution in [1.29, 1.82) is 0 Å². The summed E-state index contributed by atoms with van der Waals surface area (Å²) in [6.45, 7) is 1.21. The largest absolute Gasteiger partial charge is 0.489 e. The Kier molecular flexibility index (Phi) is 5.94. The molecule has 32 heavy (non-hydrogen) atoms. The summed E-state index contributed by atoms with van der Waals surface area (Å²) in [6, 6.07) is 6.76. The third kappa shape index (κ3) is 4.28. The van der Waals surface area contributed by atoms with Gasteiger partial charge in [-0.1, -0.05) is 23.2 Å². The molecule has 0 bridgehead atoms. The van der Waals surface area contributed by atoms with Gasteiger partial charge in [-0.15, -0.1) is 0 Å². The number of hydrogen-bond donors (Lipinski definition) is 2. The SMILES string of the molecule is NC1CC(Oc2cc(O[C@H]3CCOC3)cc3ncnc(Nc4ccc(Cl)c(Cl)c4F)c23)C1. The highest BCUT2D eigenvalue weighted by atomic mass is 35.5. The van der Waals surface area contributed by atoms with Gasteiger partial charge in [-0.3, -0.25) is 0 Å². The first-order valence-electron chi connectivity index (χ1n) is 10.3. The fourth-order valence-corrected chi connectivity index (χ4v) is 4.13. The fourth-order valence-electron chi connectivity index (χ4n) is 3.82. The Balaban J connectivity index is 1.54. The zero-order chi connectivity index (χ0) is 22.2. The lowest BCUT2D eigenvalue weighted by Crippen LogP contribution is -2.43. The second-order valence-corrected chi connectivity index (χ2v) is 8.75. The summed E-state index contributed by atoms with van der Waals surface area (Å²) >= 11 is 11.9. The summed E-state index contributed by atoms with van der Waals surface area (Å²) in [7, 11) is 0. The maximum Gasteiger partial charge on any atom is 0.166 e. The molecule has 2 fully saturated rings. The smallest absolute Gasteiger partial charge is 0.166 e. The Labute approximate surface area is 194 Å². The fraction of sp³-hybridized carbons (Fsp3) is 0.364. The van der Waals surface area contributed by atoms with Crippen LogP contribution in [0.5, 0.6) is 11.5 Å². The van der Waals surface area contributed by atoms with Crippen molar-refractivity contribution in [3.8, 4) is 11.5 Å². The van der Waals surface area contributed by atoms with Gasteiger partial charge in [-0.2, -0.15) is 0 Å². The van der Waals surface area contributed by atoms with Crippen LogP contribution in [0.1, 0.15) is 19.3 Å². The van der Waals surface area contributed by atoms with Crippen LogP contribution < -0.4 is 20.5 Å². The molecule has 5 rings (SSSR count). The summed E-state index contributed by atoms with van der Waals surface area (Å²) in [5.41, 5.74) is 6.66. The standard InChI is InChI=1S/C22H21Cl2FN4O3/c23-15-1-2-16(21(25)20(15)24)29-22-19-17(27-10-28-22)7-14(31-12-3-4-30-9-12)8-18(19)32-13-5-11(26)6-13/h1-2,7-8,10-13H,3-6,9,26H2,(H,27,28,29)/t11?,12-,13?/m0/s1. The highest BCUT2D eigenvalue weighted by Crippen LogP contribution is 2.39. The lowest BCUT2D eigenvalue weighted by atomic mass is 9.90.